The molecule has 2 aromatic rings. The molecule has 0 atom stereocenters. The van der Waals surface area contributed by atoms with Gasteiger partial charge in [0.1, 0.15) is 5.69 Å². The third-order valence-corrected chi connectivity index (χ3v) is 5.16. The van der Waals surface area contributed by atoms with Crippen LogP contribution in [0.4, 0.5) is 0 Å². The van der Waals surface area contributed by atoms with E-state index in [0.29, 0.717) is 51.3 Å². The zero-order valence-electron chi connectivity index (χ0n) is 15.6. The second kappa shape index (κ2) is 8.08. The summed E-state index contributed by atoms with van der Waals surface area (Å²) in [5.41, 5.74) is 1.70. The molecule has 0 unspecified atom stereocenters. The van der Waals surface area contributed by atoms with Gasteiger partial charge in [-0.2, -0.15) is 0 Å². The SMILES string of the molecule is O=C(NCc1ccccc1)c1cc(C(=O)N2CCC3(CC2)OCCO3)ccn1. The Morgan fingerprint density at radius 1 is 1.07 bits per heavy atom. The summed E-state index contributed by atoms with van der Waals surface area (Å²) in [6.45, 7) is 2.76. The van der Waals surface area contributed by atoms with Gasteiger partial charge < -0.3 is 19.7 Å². The van der Waals surface area contributed by atoms with Crippen molar-refractivity contribution in [2.45, 2.75) is 25.2 Å². The number of hydrogen-bond donors (Lipinski definition) is 1. The number of pyridine rings is 1. The third kappa shape index (κ3) is 4.05. The van der Waals surface area contributed by atoms with Gasteiger partial charge in [-0.1, -0.05) is 30.3 Å². The topological polar surface area (TPSA) is 80.8 Å². The van der Waals surface area contributed by atoms with E-state index in [0.717, 1.165) is 5.56 Å². The number of amides is 2. The van der Waals surface area contributed by atoms with Crippen LogP contribution in [0.1, 0.15) is 39.3 Å². The van der Waals surface area contributed by atoms with Crippen LogP contribution in [0.5, 0.6) is 0 Å². The van der Waals surface area contributed by atoms with Crippen LogP contribution in [0.15, 0.2) is 48.7 Å². The number of carbonyl (C=O) groups is 2. The highest BCUT2D eigenvalue weighted by atomic mass is 16.7. The van der Waals surface area contributed by atoms with Crippen LogP contribution < -0.4 is 5.32 Å². The summed E-state index contributed by atoms with van der Waals surface area (Å²) < 4.78 is 11.4. The summed E-state index contributed by atoms with van der Waals surface area (Å²) in [6.07, 6.45) is 2.82. The van der Waals surface area contributed by atoms with Gasteiger partial charge in [-0.05, 0) is 17.7 Å². The van der Waals surface area contributed by atoms with Crippen LogP contribution in [0.3, 0.4) is 0 Å². The number of hydrogen-bond acceptors (Lipinski definition) is 5. The van der Waals surface area contributed by atoms with Gasteiger partial charge in [-0.15, -0.1) is 0 Å². The monoisotopic (exact) mass is 381 g/mol. The highest BCUT2D eigenvalue weighted by molar-refractivity contribution is 5.98. The number of ether oxygens (including phenoxy) is 2. The molecule has 1 N–H and O–H groups in total. The molecule has 0 radical (unpaired) electrons. The average Bonchev–Trinajstić information content (AvgIpc) is 3.21. The summed E-state index contributed by atoms with van der Waals surface area (Å²) in [6, 6.07) is 12.8. The van der Waals surface area contributed by atoms with Crippen molar-refractivity contribution in [3.05, 3.63) is 65.5 Å². The second-order valence-electron chi connectivity index (χ2n) is 7.00. The van der Waals surface area contributed by atoms with Gasteiger partial charge in [0.15, 0.2) is 5.79 Å². The largest absolute Gasteiger partial charge is 0.347 e. The molecule has 2 aliphatic rings. The van der Waals surface area contributed by atoms with Crippen molar-refractivity contribution in [1.29, 1.82) is 0 Å². The Morgan fingerprint density at radius 2 is 1.79 bits per heavy atom. The van der Waals surface area contributed by atoms with E-state index in [4.69, 9.17) is 9.47 Å². The molecule has 2 saturated heterocycles. The van der Waals surface area contributed by atoms with Crippen LogP contribution in [-0.4, -0.2) is 53.8 Å². The number of likely N-dealkylation sites (tertiary alicyclic amines) is 1. The number of carbonyl (C=O) groups excluding carboxylic acids is 2. The summed E-state index contributed by atoms with van der Waals surface area (Å²) in [5, 5.41) is 2.83. The van der Waals surface area contributed by atoms with Crippen molar-refractivity contribution < 1.29 is 19.1 Å². The Kier molecular flexibility index (Phi) is 5.36. The molecule has 1 aromatic carbocycles. The fraction of sp³-hybridized carbons (Fsp3) is 0.381. The summed E-state index contributed by atoms with van der Waals surface area (Å²) >= 11 is 0. The van der Waals surface area contributed by atoms with E-state index in [2.05, 4.69) is 10.3 Å². The number of aromatic nitrogens is 1. The first kappa shape index (κ1) is 18.6. The average molecular weight is 381 g/mol. The van der Waals surface area contributed by atoms with E-state index < -0.39 is 5.79 Å². The summed E-state index contributed by atoms with van der Waals surface area (Å²) in [7, 11) is 0. The Labute approximate surface area is 163 Å². The number of piperidine rings is 1. The van der Waals surface area contributed by atoms with E-state index in [9.17, 15) is 9.59 Å². The van der Waals surface area contributed by atoms with Gasteiger partial charge in [0.25, 0.3) is 11.8 Å². The Morgan fingerprint density at radius 3 is 2.50 bits per heavy atom. The molecule has 3 heterocycles. The Balaban J connectivity index is 1.37. The predicted octanol–water partition coefficient (Wildman–Crippen LogP) is 1.99. The lowest BCUT2D eigenvalue weighted by Crippen LogP contribution is -2.47. The van der Waals surface area contributed by atoms with Crippen molar-refractivity contribution >= 4 is 11.8 Å². The molecule has 0 saturated carbocycles. The second-order valence-corrected chi connectivity index (χ2v) is 7.00. The van der Waals surface area contributed by atoms with Gasteiger partial charge >= 0.3 is 0 Å². The molecule has 1 spiro atoms. The van der Waals surface area contributed by atoms with Gasteiger partial charge in [0, 0.05) is 44.2 Å². The van der Waals surface area contributed by atoms with Crippen LogP contribution in [0.25, 0.3) is 0 Å². The maximum atomic E-state index is 12.8. The smallest absolute Gasteiger partial charge is 0.270 e. The molecule has 2 fully saturated rings. The molecule has 4 rings (SSSR count). The first-order valence-electron chi connectivity index (χ1n) is 9.51. The molecule has 2 amide bonds. The van der Waals surface area contributed by atoms with Crippen molar-refractivity contribution in [3.63, 3.8) is 0 Å². The van der Waals surface area contributed by atoms with Crippen molar-refractivity contribution in [3.8, 4) is 0 Å². The number of benzene rings is 1. The maximum Gasteiger partial charge on any atom is 0.270 e. The van der Waals surface area contributed by atoms with E-state index in [1.165, 1.54) is 6.20 Å². The normalized spacial score (nSPS) is 18.2. The number of nitrogens with zero attached hydrogens (tertiary/aromatic N) is 2. The van der Waals surface area contributed by atoms with Gasteiger partial charge in [-0.3, -0.25) is 14.6 Å². The molecular formula is C21H23N3O4. The van der Waals surface area contributed by atoms with E-state index >= 15 is 0 Å². The summed E-state index contributed by atoms with van der Waals surface area (Å²) in [5.74, 6) is -0.923. The minimum Gasteiger partial charge on any atom is -0.347 e. The van der Waals surface area contributed by atoms with Gasteiger partial charge in [0.05, 0.1) is 13.2 Å². The lowest BCUT2D eigenvalue weighted by molar-refractivity contribution is -0.181. The zero-order chi connectivity index (χ0) is 19.4. The molecule has 7 nitrogen and oxygen atoms in total. The molecule has 0 aliphatic carbocycles. The minimum absolute atomic E-state index is 0.104. The van der Waals surface area contributed by atoms with Crippen LogP contribution in [-0.2, 0) is 16.0 Å². The Bertz CT molecular complexity index is 840. The van der Waals surface area contributed by atoms with Crippen molar-refractivity contribution in [2.24, 2.45) is 0 Å². The third-order valence-electron chi connectivity index (χ3n) is 5.16. The molecule has 28 heavy (non-hydrogen) atoms. The van der Waals surface area contributed by atoms with Crippen LogP contribution >= 0.6 is 0 Å². The zero-order valence-corrected chi connectivity index (χ0v) is 15.6. The molecule has 2 aliphatic heterocycles. The lowest BCUT2D eigenvalue weighted by Gasteiger charge is -2.37. The van der Waals surface area contributed by atoms with Crippen molar-refractivity contribution in [1.82, 2.24) is 15.2 Å². The molecule has 146 valence electrons. The maximum absolute atomic E-state index is 12.8. The molecule has 1 aromatic heterocycles. The molecular weight excluding hydrogens is 358 g/mol. The van der Waals surface area contributed by atoms with E-state index in [-0.39, 0.29) is 17.5 Å². The fourth-order valence-electron chi connectivity index (χ4n) is 3.58. The standard InChI is InChI=1S/C21H23N3O4/c25-19(23-15-16-4-2-1-3-5-16)18-14-17(6-9-22-18)20(26)24-10-7-21(8-11-24)27-12-13-28-21/h1-6,9,14H,7-8,10-13,15H2,(H,23,25). The quantitative estimate of drug-likeness (QED) is 0.876. The summed E-state index contributed by atoms with van der Waals surface area (Å²) in [4.78, 5) is 31.1. The first-order chi connectivity index (χ1) is 13.7. The minimum atomic E-state index is -0.516. The molecule has 0 bridgehead atoms. The molecule has 7 heteroatoms. The van der Waals surface area contributed by atoms with Crippen LogP contribution in [0, 0.1) is 0 Å². The van der Waals surface area contributed by atoms with Crippen molar-refractivity contribution in [2.75, 3.05) is 26.3 Å². The number of rotatable bonds is 4. The fourth-order valence-corrected chi connectivity index (χ4v) is 3.58. The predicted molar refractivity (Wildman–Crippen MR) is 102 cm³/mol. The number of nitrogens with one attached hydrogen (secondary N) is 1. The van der Waals surface area contributed by atoms with E-state index in [1.807, 2.05) is 30.3 Å². The lowest BCUT2D eigenvalue weighted by atomic mass is 10.0. The van der Waals surface area contributed by atoms with E-state index in [1.54, 1.807) is 17.0 Å². The highest BCUT2D eigenvalue weighted by Gasteiger charge is 2.40. The van der Waals surface area contributed by atoms with Gasteiger partial charge in [-0.25, -0.2) is 0 Å². The Hall–Kier alpha value is -2.77. The van der Waals surface area contributed by atoms with Gasteiger partial charge in [0.2, 0.25) is 0 Å². The van der Waals surface area contributed by atoms with Crippen LogP contribution in [0.2, 0.25) is 0 Å². The highest BCUT2D eigenvalue weighted by Crippen LogP contribution is 2.31. The first-order valence-corrected chi connectivity index (χ1v) is 9.51.